The van der Waals surface area contributed by atoms with E-state index in [2.05, 4.69) is 20.8 Å². The van der Waals surface area contributed by atoms with Crippen LogP contribution < -0.4 is 4.74 Å². The molecule has 1 aromatic rings. The SMILES string of the molecule is O[C@H](COCCOc1ccc(Br)cc1)CN1CCCCC1. The Kier molecular flexibility index (Phi) is 7.50. The molecule has 118 valence electrons. The van der Waals surface area contributed by atoms with Crippen LogP contribution in [0.5, 0.6) is 5.75 Å². The molecule has 1 N–H and O–H groups in total. The molecular formula is C16H24BrNO3. The molecule has 0 spiro atoms. The highest BCUT2D eigenvalue weighted by Gasteiger charge is 2.14. The van der Waals surface area contributed by atoms with E-state index in [0.717, 1.165) is 23.3 Å². The topological polar surface area (TPSA) is 41.9 Å². The molecule has 0 amide bonds. The number of aliphatic hydroxyl groups excluding tert-OH is 1. The average Bonchev–Trinajstić information content (AvgIpc) is 2.50. The highest BCUT2D eigenvalue weighted by molar-refractivity contribution is 9.10. The van der Waals surface area contributed by atoms with E-state index >= 15 is 0 Å². The highest BCUT2D eigenvalue weighted by atomic mass is 79.9. The van der Waals surface area contributed by atoms with Crippen LogP contribution in [-0.4, -0.2) is 55.6 Å². The van der Waals surface area contributed by atoms with E-state index in [9.17, 15) is 5.11 Å². The number of rotatable bonds is 8. The molecule has 0 aliphatic carbocycles. The number of nitrogens with zero attached hydrogens (tertiary/aromatic N) is 1. The summed E-state index contributed by atoms with van der Waals surface area (Å²) >= 11 is 3.38. The Morgan fingerprint density at radius 1 is 1.10 bits per heavy atom. The number of likely N-dealkylation sites (tertiary alicyclic amines) is 1. The second kappa shape index (κ2) is 9.41. The molecule has 1 saturated heterocycles. The number of hydrogen-bond donors (Lipinski definition) is 1. The lowest BCUT2D eigenvalue weighted by Gasteiger charge is -2.28. The van der Waals surface area contributed by atoms with Gasteiger partial charge in [0.2, 0.25) is 0 Å². The number of ether oxygens (including phenoxy) is 2. The standard InChI is InChI=1S/C16H24BrNO3/c17-14-4-6-16(7-5-14)21-11-10-20-13-15(19)12-18-8-2-1-3-9-18/h4-7,15,19H,1-3,8-13H2/t15-/m0/s1. The fraction of sp³-hybridized carbons (Fsp3) is 0.625. The van der Waals surface area contributed by atoms with Gasteiger partial charge < -0.3 is 19.5 Å². The summed E-state index contributed by atoms with van der Waals surface area (Å²) < 4.78 is 12.1. The molecular weight excluding hydrogens is 334 g/mol. The fourth-order valence-corrected chi connectivity index (χ4v) is 2.73. The van der Waals surface area contributed by atoms with Crippen molar-refractivity contribution < 1.29 is 14.6 Å². The zero-order valence-electron chi connectivity index (χ0n) is 12.3. The van der Waals surface area contributed by atoms with E-state index in [1.54, 1.807) is 0 Å². The van der Waals surface area contributed by atoms with Crippen LogP contribution in [0.1, 0.15) is 19.3 Å². The van der Waals surface area contributed by atoms with Gasteiger partial charge in [-0.15, -0.1) is 0 Å². The van der Waals surface area contributed by atoms with E-state index in [1.807, 2.05) is 24.3 Å². The maximum absolute atomic E-state index is 9.94. The van der Waals surface area contributed by atoms with Gasteiger partial charge in [0.1, 0.15) is 12.4 Å². The van der Waals surface area contributed by atoms with Crippen LogP contribution in [-0.2, 0) is 4.74 Å². The molecule has 0 saturated carbocycles. The smallest absolute Gasteiger partial charge is 0.119 e. The van der Waals surface area contributed by atoms with Crippen molar-refractivity contribution in [2.75, 3.05) is 39.5 Å². The Balaban J connectivity index is 1.51. The first-order chi connectivity index (χ1) is 10.2. The van der Waals surface area contributed by atoms with Gasteiger partial charge in [0, 0.05) is 11.0 Å². The van der Waals surface area contributed by atoms with Gasteiger partial charge in [0.05, 0.1) is 19.3 Å². The molecule has 0 radical (unpaired) electrons. The summed E-state index contributed by atoms with van der Waals surface area (Å²) in [6.45, 7) is 4.28. The predicted molar refractivity (Wildman–Crippen MR) is 86.8 cm³/mol. The number of aliphatic hydroxyl groups is 1. The van der Waals surface area contributed by atoms with Crippen molar-refractivity contribution in [3.05, 3.63) is 28.7 Å². The van der Waals surface area contributed by atoms with E-state index in [4.69, 9.17) is 9.47 Å². The van der Waals surface area contributed by atoms with Gasteiger partial charge in [-0.25, -0.2) is 0 Å². The van der Waals surface area contributed by atoms with Gasteiger partial charge in [-0.2, -0.15) is 0 Å². The number of halogens is 1. The minimum atomic E-state index is -0.407. The maximum atomic E-state index is 9.94. The summed E-state index contributed by atoms with van der Waals surface area (Å²) in [5.41, 5.74) is 0. The number of β-amino-alcohol motifs (C(OH)–C–C–N with tert-alkyl or cyclic N) is 1. The normalized spacial score (nSPS) is 17.6. The lowest BCUT2D eigenvalue weighted by Crippen LogP contribution is -2.38. The first kappa shape index (κ1) is 16.7. The Bertz CT molecular complexity index is 393. The van der Waals surface area contributed by atoms with Crippen LogP contribution in [0.2, 0.25) is 0 Å². The fourth-order valence-electron chi connectivity index (χ4n) is 2.46. The molecule has 1 aliphatic rings. The van der Waals surface area contributed by atoms with Crippen molar-refractivity contribution in [1.29, 1.82) is 0 Å². The first-order valence-corrected chi connectivity index (χ1v) is 8.40. The largest absolute Gasteiger partial charge is 0.491 e. The number of benzene rings is 1. The molecule has 0 bridgehead atoms. The molecule has 4 nitrogen and oxygen atoms in total. The van der Waals surface area contributed by atoms with Crippen LogP contribution in [0.3, 0.4) is 0 Å². The molecule has 1 aromatic carbocycles. The van der Waals surface area contributed by atoms with Crippen molar-refractivity contribution in [1.82, 2.24) is 4.90 Å². The Morgan fingerprint density at radius 2 is 1.81 bits per heavy atom. The quantitative estimate of drug-likeness (QED) is 0.726. The zero-order valence-corrected chi connectivity index (χ0v) is 13.9. The van der Waals surface area contributed by atoms with Gasteiger partial charge >= 0.3 is 0 Å². The van der Waals surface area contributed by atoms with Crippen molar-refractivity contribution >= 4 is 15.9 Å². The molecule has 5 heteroatoms. The van der Waals surface area contributed by atoms with Crippen molar-refractivity contribution in [3.63, 3.8) is 0 Å². The Labute approximate surface area is 135 Å². The van der Waals surface area contributed by atoms with Gasteiger partial charge in [0.15, 0.2) is 0 Å². The van der Waals surface area contributed by atoms with E-state index in [-0.39, 0.29) is 0 Å². The third kappa shape index (κ3) is 6.78. The van der Waals surface area contributed by atoms with Crippen LogP contribution in [0.15, 0.2) is 28.7 Å². The first-order valence-electron chi connectivity index (χ1n) is 7.60. The molecule has 0 unspecified atom stereocenters. The molecule has 2 rings (SSSR count). The minimum Gasteiger partial charge on any atom is -0.491 e. The summed E-state index contributed by atoms with van der Waals surface area (Å²) in [5.74, 6) is 0.829. The van der Waals surface area contributed by atoms with Crippen LogP contribution in [0.25, 0.3) is 0 Å². The van der Waals surface area contributed by atoms with E-state index in [1.165, 1.54) is 19.3 Å². The lowest BCUT2D eigenvalue weighted by atomic mass is 10.1. The third-order valence-electron chi connectivity index (χ3n) is 3.54. The number of hydrogen-bond acceptors (Lipinski definition) is 4. The Hall–Kier alpha value is -0.620. The summed E-state index contributed by atoms with van der Waals surface area (Å²) in [7, 11) is 0. The molecule has 21 heavy (non-hydrogen) atoms. The summed E-state index contributed by atoms with van der Waals surface area (Å²) in [4.78, 5) is 2.32. The summed E-state index contributed by atoms with van der Waals surface area (Å²) in [5, 5.41) is 9.94. The molecule has 1 heterocycles. The highest BCUT2D eigenvalue weighted by Crippen LogP contribution is 2.15. The summed E-state index contributed by atoms with van der Waals surface area (Å²) in [6.07, 6.45) is 3.40. The van der Waals surface area contributed by atoms with Gasteiger partial charge in [-0.1, -0.05) is 22.4 Å². The van der Waals surface area contributed by atoms with E-state index < -0.39 is 6.10 Å². The van der Waals surface area contributed by atoms with Crippen LogP contribution in [0.4, 0.5) is 0 Å². The maximum Gasteiger partial charge on any atom is 0.119 e. The van der Waals surface area contributed by atoms with Gasteiger partial charge in [-0.3, -0.25) is 0 Å². The van der Waals surface area contributed by atoms with Crippen molar-refractivity contribution in [3.8, 4) is 5.75 Å². The Morgan fingerprint density at radius 3 is 2.52 bits per heavy atom. The summed E-state index contributed by atoms with van der Waals surface area (Å²) in [6, 6.07) is 7.71. The second-order valence-corrected chi connectivity index (χ2v) is 6.31. The van der Waals surface area contributed by atoms with Crippen LogP contribution in [0, 0.1) is 0 Å². The lowest BCUT2D eigenvalue weighted by molar-refractivity contribution is 0.00533. The average molecular weight is 358 g/mol. The molecule has 0 aromatic heterocycles. The minimum absolute atomic E-state index is 0.375. The molecule has 1 fully saturated rings. The van der Waals surface area contributed by atoms with Crippen molar-refractivity contribution in [2.24, 2.45) is 0 Å². The third-order valence-corrected chi connectivity index (χ3v) is 4.07. The molecule has 1 atom stereocenters. The van der Waals surface area contributed by atoms with Crippen molar-refractivity contribution in [2.45, 2.75) is 25.4 Å². The monoisotopic (exact) mass is 357 g/mol. The zero-order chi connectivity index (χ0) is 14.9. The molecule has 1 aliphatic heterocycles. The van der Waals surface area contributed by atoms with Crippen LogP contribution >= 0.6 is 15.9 Å². The predicted octanol–water partition coefficient (Wildman–Crippen LogP) is 2.69. The van der Waals surface area contributed by atoms with Gasteiger partial charge in [-0.05, 0) is 50.2 Å². The van der Waals surface area contributed by atoms with E-state index in [0.29, 0.717) is 26.4 Å². The number of piperidine rings is 1. The van der Waals surface area contributed by atoms with Gasteiger partial charge in [0.25, 0.3) is 0 Å². The second-order valence-electron chi connectivity index (χ2n) is 5.39.